The lowest BCUT2D eigenvalue weighted by molar-refractivity contribution is -0.387. The Morgan fingerprint density at radius 1 is 1.53 bits per heavy atom. The number of hydrogen-bond acceptors (Lipinski definition) is 5. The van der Waals surface area contributed by atoms with Gasteiger partial charge in [0.1, 0.15) is 0 Å². The molecule has 0 heterocycles. The molecule has 0 aliphatic heterocycles. The molecule has 1 rings (SSSR count). The largest absolute Gasteiger partial charge is 0.469 e. The van der Waals surface area contributed by atoms with Crippen LogP contribution in [0.3, 0.4) is 0 Å². The number of thioether (sulfide) groups is 1. The number of ether oxygens (including phenoxy) is 1. The van der Waals surface area contributed by atoms with E-state index in [0.717, 1.165) is 0 Å². The summed E-state index contributed by atoms with van der Waals surface area (Å²) in [4.78, 5) is 22.0. The highest BCUT2D eigenvalue weighted by Crippen LogP contribution is 2.32. The fourth-order valence-corrected chi connectivity index (χ4v) is 2.36. The number of esters is 1. The van der Waals surface area contributed by atoms with Crippen molar-refractivity contribution in [3.05, 3.63) is 34.4 Å². The predicted octanol–water partition coefficient (Wildman–Crippen LogP) is 2.64. The minimum atomic E-state index is -0.423. The van der Waals surface area contributed by atoms with Crippen LogP contribution in [-0.4, -0.2) is 23.3 Å². The Hall–Kier alpha value is -1.56. The quantitative estimate of drug-likeness (QED) is 0.350. The van der Waals surface area contributed by atoms with Gasteiger partial charge in [-0.25, -0.2) is 0 Å². The molecule has 1 atom stereocenters. The second-order valence-corrected chi connectivity index (χ2v) is 4.91. The number of rotatable bonds is 5. The minimum absolute atomic E-state index is 0.0641. The molecule has 0 fully saturated rings. The molecule has 0 saturated heterocycles. The average Bonchev–Trinajstić information content (AvgIpc) is 2.29. The summed E-state index contributed by atoms with van der Waals surface area (Å²) in [7, 11) is 1.32. The molecule has 0 spiro atoms. The molecular weight excluding hydrogens is 242 g/mol. The van der Waals surface area contributed by atoms with Crippen molar-refractivity contribution < 1.29 is 14.5 Å². The molecule has 1 unspecified atom stereocenters. The average molecular weight is 255 g/mol. The summed E-state index contributed by atoms with van der Waals surface area (Å²) in [6.07, 6.45) is 0.229. The van der Waals surface area contributed by atoms with Crippen LogP contribution in [-0.2, 0) is 9.53 Å². The maximum absolute atomic E-state index is 11.1. The van der Waals surface area contributed by atoms with Crippen LogP contribution in [0, 0.1) is 10.1 Å². The molecule has 92 valence electrons. The van der Waals surface area contributed by atoms with E-state index in [9.17, 15) is 14.9 Å². The molecule has 0 aliphatic carbocycles. The smallest absolute Gasteiger partial charge is 0.306 e. The third-order valence-corrected chi connectivity index (χ3v) is 3.24. The molecule has 17 heavy (non-hydrogen) atoms. The lowest BCUT2D eigenvalue weighted by Gasteiger charge is -2.09. The van der Waals surface area contributed by atoms with Crippen LogP contribution in [0.1, 0.15) is 13.3 Å². The van der Waals surface area contributed by atoms with Gasteiger partial charge in [-0.15, -0.1) is 11.8 Å². The first-order valence-electron chi connectivity index (χ1n) is 5.01. The fraction of sp³-hybridized carbons (Fsp3) is 0.364. The summed E-state index contributed by atoms with van der Waals surface area (Å²) in [6.45, 7) is 1.83. The van der Waals surface area contributed by atoms with Crippen LogP contribution in [0.4, 0.5) is 5.69 Å². The van der Waals surface area contributed by atoms with E-state index in [2.05, 4.69) is 4.74 Å². The number of hydrogen-bond donors (Lipinski definition) is 0. The van der Waals surface area contributed by atoms with Crippen LogP contribution in [0.2, 0.25) is 0 Å². The molecule has 0 bridgehead atoms. The standard InChI is InChI=1S/C11H13NO4S/c1-8(7-11(13)16-2)17-10-6-4-3-5-9(10)12(14)15/h3-6,8H,7H2,1-2H3. The van der Waals surface area contributed by atoms with Gasteiger partial charge in [0, 0.05) is 11.3 Å². The number of methoxy groups -OCH3 is 1. The predicted molar refractivity (Wildman–Crippen MR) is 65.0 cm³/mol. The van der Waals surface area contributed by atoms with Crippen molar-refractivity contribution in [2.45, 2.75) is 23.5 Å². The lowest BCUT2D eigenvalue weighted by Crippen LogP contribution is -2.08. The molecule has 6 heteroatoms. The fourth-order valence-electron chi connectivity index (χ4n) is 1.28. The van der Waals surface area contributed by atoms with Crippen molar-refractivity contribution in [2.75, 3.05) is 7.11 Å². The maximum Gasteiger partial charge on any atom is 0.306 e. The van der Waals surface area contributed by atoms with Crippen LogP contribution >= 0.6 is 11.8 Å². The van der Waals surface area contributed by atoms with E-state index in [4.69, 9.17) is 0 Å². The van der Waals surface area contributed by atoms with Gasteiger partial charge in [-0.1, -0.05) is 19.1 Å². The van der Waals surface area contributed by atoms with Gasteiger partial charge in [0.2, 0.25) is 0 Å². The first-order chi connectivity index (χ1) is 8.04. The molecule has 0 radical (unpaired) electrons. The van der Waals surface area contributed by atoms with Gasteiger partial charge in [-0.05, 0) is 6.07 Å². The van der Waals surface area contributed by atoms with Crippen LogP contribution in [0.15, 0.2) is 29.2 Å². The van der Waals surface area contributed by atoms with E-state index in [-0.39, 0.29) is 23.3 Å². The SMILES string of the molecule is COC(=O)CC(C)Sc1ccccc1[N+](=O)[O-]. The molecule has 0 saturated carbocycles. The third-order valence-electron chi connectivity index (χ3n) is 2.07. The summed E-state index contributed by atoms with van der Waals surface area (Å²) in [5.41, 5.74) is 0.0641. The van der Waals surface area contributed by atoms with E-state index in [0.29, 0.717) is 4.90 Å². The van der Waals surface area contributed by atoms with Gasteiger partial charge in [-0.3, -0.25) is 14.9 Å². The number of benzene rings is 1. The zero-order valence-corrected chi connectivity index (χ0v) is 10.4. The Morgan fingerprint density at radius 3 is 2.76 bits per heavy atom. The second-order valence-electron chi connectivity index (χ2n) is 3.43. The highest BCUT2D eigenvalue weighted by Gasteiger charge is 2.17. The number of nitro groups is 1. The van der Waals surface area contributed by atoms with Gasteiger partial charge in [0.05, 0.1) is 23.3 Å². The Bertz CT molecular complexity index is 422. The zero-order valence-electron chi connectivity index (χ0n) is 9.58. The van der Waals surface area contributed by atoms with Crippen LogP contribution < -0.4 is 0 Å². The van der Waals surface area contributed by atoms with E-state index >= 15 is 0 Å². The summed E-state index contributed by atoms with van der Waals surface area (Å²) in [6, 6.07) is 6.48. The normalized spacial score (nSPS) is 11.9. The molecule has 0 amide bonds. The summed E-state index contributed by atoms with van der Waals surface area (Å²) in [5.74, 6) is -0.316. The monoisotopic (exact) mass is 255 g/mol. The number of para-hydroxylation sites is 1. The number of carbonyl (C=O) groups is 1. The summed E-state index contributed by atoms with van der Waals surface area (Å²) >= 11 is 1.30. The van der Waals surface area contributed by atoms with Crippen molar-refractivity contribution in [3.63, 3.8) is 0 Å². The molecule has 0 aromatic heterocycles. The first kappa shape index (κ1) is 13.5. The topological polar surface area (TPSA) is 69.4 Å². The lowest BCUT2D eigenvalue weighted by atomic mass is 10.3. The van der Waals surface area contributed by atoms with Crippen molar-refractivity contribution in [1.29, 1.82) is 0 Å². The van der Waals surface area contributed by atoms with Gasteiger partial charge in [-0.2, -0.15) is 0 Å². The van der Waals surface area contributed by atoms with Crippen LogP contribution in [0.25, 0.3) is 0 Å². The molecule has 0 N–H and O–H groups in total. The Kier molecular flexibility index (Phi) is 4.96. The highest BCUT2D eigenvalue weighted by atomic mass is 32.2. The Morgan fingerprint density at radius 2 is 2.18 bits per heavy atom. The zero-order chi connectivity index (χ0) is 12.8. The summed E-state index contributed by atoms with van der Waals surface area (Å²) < 4.78 is 4.55. The minimum Gasteiger partial charge on any atom is -0.469 e. The number of carbonyl (C=O) groups excluding carboxylic acids is 1. The maximum atomic E-state index is 11.1. The Labute approximate surface area is 103 Å². The van der Waals surface area contributed by atoms with E-state index in [1.807, 2.05) is 6.92 Å². The third kappa shape index (κ3) is 4.07. The molecule has 1 aromatic carbocycles. The molecule has 1 aromatic rings. The van der Waals surface area contributed by atoms with Crippen molar-refractivity contribution in [2.24, 2.45) is 0 Å². The molecular formula is C11H13NO4S. The van der Waals surface area contributed by atoms with Crippen molar-refractivity contribution >= 4 is 23.4 Å². The number of nitrogens with zero attached hydrogens (tertiary/aromatic N) is 1. The van der Waals surface area contributed by atoms with Crippen molar-refractivity contribution in [3.8, 4) is 0 Å². The van der Waals surface area contributed by atoms with E-state index in [1.165, 1.54) is 24.9 Å². The van der Waals surface area contributed by atoms with E-state index in [1.54, 1.807) is 18.2 Å². The van der Waals surface area contributed by atoms with Gasteiger partial charge >= 0.3 is 5.97 Å². The van der Waals surface area contributed by atoms with Crippen molar-refractivity contribution in [1.82, 2.24) is 0 Å². The molecule has 5 nitrogen and oxygen atoms in total. The molecule has 0 aliphatic rings. The van der Waals surface area contributed by atoms with Gasteiger partial charge in [0.25, 0.3) is 5.69 Å². The first-order valence-corrected chi connectivity index (χ1v) is 5.89. The highest BCUT2D eigenvalue weighted by molar-refractivity contribution is 8.00. The van der Waals surface area contributed by atoms with Gasteiger partial charge in [0.15, 0.2) is 0 Å². The Balaban J connectivity index is 2.74. The summed E-state index contributed by atoms with van der Waals surface area (Å²) in [5, 5.41) is 10.7. The van der Waals surface area contributed by atoms with Gasteiger partial charge < -0.3 is 4.74 Å². The number of nitro benzene ring substituents is 1. The van der Waals surface area contributed by atoms with Crippen LogP contribution in [0.5, 0.6) is 0 Å². The van der Waals surface area contributed by atoms with E-state index < -0.39 is 4.92 Å². The second kappa shape index (κ2) is 6.24.